The molecule has 0 saturated heterocycles. The molecule has 0 spiro atoms. The van der Waals surface area contributed by atoms with Crippen LogP contribution in [0.3, 0.4) is 0 Å². The Kier molecular flexibility index (Phi) is 3.33. The molecule has 3 heteroatoms. The van der Waals surface area contributed by atoms with Crippen molar-refractivity contribution in [1.29, 1.82) is 0 Å². The van der Waals surface area contributed by atoms with Crippen molar-refractivity contribution in [2.45, 2.75) is 20.3 Å². The predicted molar refractivity (Wildman–Crippen MR) is 49.9 cm³/mol. The summed E-state index contributed by atoms with van der Waals surface area (Å²) >= 11 is 0. The Labute approximate surface area is 81.7 Å². The highest BCUT2D eigenvalue weighted by atomic mass is 19.1. The molecule has 0 bridgehead atoms. The zero-order chi connectivity index (χ0) is 10.7. The Morgan fingerprint density at radius 2 is 1.71 bits per heavy atom. The van der Waals surface area contributed by atoms with Gasteiger partial charge < -0.3 is 0 Å². The molecular weight excluding hydrogens is 186 g/mol. The molecule has 0 radical (unpaired) electrons. The molecule has 0 aliphatic carbocycles. The van der Waals surface area contributed by atoms with E-state index in [2.05, 4.69) is 0 Å². The van der Waals surface area contributed by atoms with Crippen molar-refractivity contribution in [3.05, 3.63) is 35.4 Å². The Balaban J connectivity index is 2.82. The molecule has 1 aromatic carbocycles. The van der Waals surface area contributed by atoms with Crippen molar-refractivity contribution in [1.82, 2.24) is 0 Å². The summed E-state index contributed by atoms with van der Waals surface area (Å²) in [7, 11) is 0. The number of carbonyl (C=O) groups excluding carboxylic acids is 1. The molecule has 1 rings (SSSR count). The number of Topliss-reactive ketones (excluding diaryl/α,β-unsaturated/α-hetero) is 1. The van der Waals surface area contributed by atoms with Gasteiger partial charge >= 0.3 is 0 Å². The Hall–Kier alpha value is -1.25. The first-order valence-electron chi connectivity index (χ1n) is 4.46. The highest BCUT2D eigenvalue weighted by Crippen LogP contribution is 2.10. The number of carbonyl (C=O) groups is 1. The van der Waals surface area contributed by atoms with Crippen molar-refractivity contribution in [2.24, 2.45) is 5.92 Å². The number of halogens is 2. The van der Waals surface area contributed by atoms with E-state index in [4.69, 9.17) is 0 Å². The van der Waals surface area contributed by atoms with Gasteiger partial charge in [0.25, 0.3) is 0 Å². The zero-order valence-corrected chi connectivity index (χ0v) is 8.18. The van der Waals surface area contributed by atoms with E-state index in [0.717, 1.165) is 6.07 Å². The normalized spacial score (nSPS) is 10.6. The van der Waals surface area contributed by atoms with Gasteiger partial charge in [-0.3, -0.25) is 4.79 Å². The van der Waals surface area contributed by atoms with E-state index in [9.17, 15) is 13.6 Å². The number of ketones is 1. The van der Waals surface area contributed by atoms with Crippen LogP contribution in [0.1, 0.15) is 19.4 Å². The van der Waals surface area contributed by atoms with E-state index in [1.54, 1.807) is 13.8 Å². The number of benzene rings is 1. The monoisotopic (exact) mass is 198 g/mol. The van der Waals surface area contributed by atoms with Crippen LogP contribution in [0.15, 0.2) is 18.2 Å². The quantitative estimate of drug-likeness (QED) is 0.729. The van der Waals surface area contributed by atoms with Crippen LogP contribution in [0, 0.1) is 17.6 Å². The molecule has 0 fully saturated rings. The number of hydrogen-bond acceptors (Lipinski definition) is 1. The average Bonchev–Trinajstić information content (AvgIpc) is 2.01. The average molecular weight is 198 g/mol. The molecule has 0 saturated carbocycles. The van der Waals surface area contributed by atoms with Crippen molar-refractivity contribution in [2.75, 3.05) is 0 Å². The summed E-state index contributed by atoms with van der Waals surface area (Å²) in [6.07, 6.45) is 0.0896. The van der Waals surface area contributed by atoms with Gasteiger partial charge in [0.05, 0.1) is 0 Å². The molecule has 0 amide bonds. The van der Waals surface area contributed by atoms with Crippen LogP contribution in [0.2, 0.25) is 0 Å². The lowest BCUT2D eigenvalue weighted by atomic mass is 10.0. The first-order chi connectivity index (χ1) is 6.49. The molecule has 0 heterocycles. The lowest BCUT2D eigenvalue weighted by molar-refractivity contribution is -0.121. The molecule has 0 atom stereocenters. The van der Waals surface area contributed by atoms with Gasteiger partial charge in [0.15, 0.2) is 0 Å². The maximum atomic E-state index is 12.7. The molecule has 0 N–H and O–H groups in total. The van der Waals surface area contributed by atoms with E-state index >= 15 is 0 Å². The Morgan fingerprint density at radius 1 is 1.21 bits per heavy atom. The fraction of sp³-hybridized carbons (Fsp3) is 0.364. The second kappa shape index (κ2) is 4.31. The highest BCUT2D eigenvalue weighted by molar-refractivity contribution is 5.82. The first kappa shape index (κ1) is 10.8. The second-order valence-corrected chi connectivity index (χ2v) is 3.58. The fourth-order valence-electron chi connectivity index (χ4n) is 1.12. The molecule has 14 heavy (non-hydrogen) atoms. The minimum Gasteiger partial charge on any atom is -0.299 e. The van der Waals surface area contributed by atoms with Crippen LogP contribution in [-0.4, -0.2) is 5.78 Å². The summed E-state index contributed by atoms with van der Waals surface area (Å²) in [4.78, 5) is 11.3. The lowest BCUT2D eigenvalue weighted by Gasteiger charge is -2.04. The van der Waals surface area contributed by atoms with E-state index in [1.807, 2.05) is 0 Å². The molecule has 0 aliphatic rings. The summed E-state index contributed by atoms with van der Waals surface area (Å²) in [6.45, 7) is 3.52. The van der Waals surface area contributed by atoms with Gasteiger partial charge in [0.1, 0.15) is 17.4 Å². The maximum absolute atomic E-state index is 12.7. The molecule has 0 unspecified atom stereocenters. The van der Waals surface area contributed by atoms with E-state index in [0.29, 0.717) is 5.56 Å². The van der Waals surface area contributed by atoms with E-state index in [1.165, 1.54) is 12.1 Å². The first-order valence-corrected chi connectivity index (χ1v) is 4.46. The topological polar surface area (TPSA) is 17.1 Å². The summed E-state index contributed by atoms with van der Waals surface area (Å²) < 4.78 is 25.5. The highest BCUT2D eigenvalue weighted by Gasteiger charge is 2.09. The largest absolute Gasteiger partial charge is 0.299 e. The third kappa shape index (κ3) is 2.91. The van der Waals surface area contributed by atoms with E-state index in [-0.39, 0.29) is 18.1 Å². The third-order valence-corrected chi connectivity index (χ3v) is 1.94. The van der Waals surface area contributed by atoms with E-state index < -0.39 is 11.6 Å². The zero-order valence-electron chi connectivity index (χ0n) is 8.18. The number of hydrogen-bond donors (Lipinski definition) is 0. The standard InChI is InChI=1S/C11H12F2O/c1-7(2)11(14)5-8-3-9(12)6-10(13)4-8/h3-4,6-7H,5H2,1-2H3. The molecular formula is C11H12F2O. The van der Waals surface area contributed by atoms with Gasteiger partial charge in [-0.2, -0.15) is 0 Å². The van der Waals surface area contributed by atoms with Crippen LogP contribution in [0.25, 0.3) is 0 Å². The van der Waals surface area contributed by atoms with Crippen molar-refractivity contribution < 1.29 is 13.6 Å². The Bertz CT molecular complexity index is 325. The van der Waals surface area contributed by atoms with Crippen molar-refractivity contribution in [3.8, 4) is 0 Å². The SMILES string of the molecule is CC(C)C(=O)Cc1cc(F)cc(F)c1. The molecule has 76 valence electrons. The van der Waals surface area contributed by atoms with Gasteiger partial charge in [0, 0.05) is 18.4 Å². The van der Waals surface area contributed by atoms with Crippen LogP contribution in [0.5, 0.6) is 0 Å². The van der Waals surface area contributed by atoms with Gasteiger partial charge in [-0.15, -0.1) is 0 Å². The minimum atomic E-state index is -0.642. The smallest absolute Gasteiger partial charge is 0.139 e. The van der Waals surface area contributed by atoms with Gasteiger partial charge in [-0.1, -0.05) is 13.8 Å². The molecule has 0 aliphatic heterocycles. The van der Waals surface area contributed by atoms with Crippen molar-refractivity contribution >= 4 is 5.78 Å². The third-order valence-electron chi connectivity index (χ3n) is 1.94. The second-order valence-electron chi connectivity index (χ2n) is 3.58. The number of rotatable bonds is 3. The fourth-order valence-corrected chi connectivity index (χ4v) is 1.12. The minimum absolute atomic E-state index is 0.0185. The van der Waals surface area contributed by atoms with Crippen LogP contribution in [0.4, 0.5) is 8.78 Å². The molecule has 1 aromatic rings. The van der Waals surface area contributed by atoms with Crippen LogP contribution < -0.4 is 0 Å². The molecule has 0 aromatic heterocycles. The van der Waals surface area contributed by atoms with Crippen LogP contribution in [-0.2, 0) is 11.2 Å². The summed E-state index contributed by atoms with van der Waals surface area (Å²) in [5.74, 6) is -1.41. The summed E-state index contributed by atoms with van der Waals surface area (Å²) in [6, 6.07) is 3.16. The summed E-state index contributed by atoms with van der Waals surface area (Å²) in [5.41, 5.74) is 0.390. The molecule has 1 nitrogen and oxygen atoms in total. The van der Waals surface area contributed by atoms with Gasteiger partial charge in [-0.25, -0.2) is 8.78 Å². The predicted octanol–water partition coefficient (Wildman–Crippen LogP) is 2.73. The van der Waals surface area contributed by atoms with Gasteiger partial charge in [0.2, 0.25) is 0 Å². The lowest BCUT2D eigenvalue weighted by Crippen LogP contribution is -2.10. The maximum Gasteiger partial charge on any atom is 0.139 e. The van der Waals surface area contributed by atoms with Gasteiger partial charge in [-0.05, 0) is 17.7 Å². The Morgan fingerprint density at radius 3 is 2.14 bits per heavy atom. The summed E-state index contributed by atoms with van der Waals surface area (Å²) in [5, 5.41) is 0. The van der Waals surface area contributed by atoms with Crippen LogP contribution >= 0.6 is 0 Å². The van der Waals surface area contributed by atoms with Crippen molar-refractivity contribution in [3.63, 3.8) is 0 Å².